The molecule has 0 spiro atoms. The zero-order valence-electron chi connectivity index (χ0n) is 15.1. The molecule has 128 valence electrons. The number of carbonyl (C=O) groups is 1. The number of benzene rings is 2. The van der Waals surface area contributed by atoms with Crippen molar-refractivity contribution in [3.05, 3.63) is 54.1 Å². The Morgan fingerprint density at radius 2 is 1.50 bits per heavy atom. The van der Waals surface area contributed by atoms with Crippen molar-refractivity contribution in [3.8, 4) is 0 Å². The Bertz CT molecular complexity index is 685. The molecule has 0 fully saturated rings. The van der Waals surface area contributed by atoms with E-state index in [1.165, 1.54) is 5.56 Å². The number of amides is 2. The second kappa shape index (κ2) is 7.39. The molecule has 0 saturated carbocycles. The summed E-state index contributed by atoms with van der Waals surface area (Å²) in [5.74, 6) is 0. The molecule has 0 atom stereocenters. The summed E-state index contributed by atoms with van der Waals surface area (Å²) in [7, 11) is 0. The highest BCUT2D eigenvalue weighted by Gasteiger charge is 2.17. The highest BCUT2D eigenvalue weighted by Crippen LogP contribution is 2.31. The van der Waals surface area contributed by atoms with Gasteiger partial charge in [-0.05, 0) is 55.2 Å². The zero-order valence-corrected chi connectivity index (χ0v) is 15.1. The molecule has 0 saturated heterocycles. The second-order valence-corrected chi connectivity index (χ2v) is 7.25. The van der Waals surface area contributed by atoms with E-state index in [-0.39, 0.29) is 17.5 Å². The van der Waals surface area contributed by atoms with Crippen molar-refractivity contribution < 1.29 is 4.79 Å². The lowest BCUT2D eigenvalue weighted by molar-refractivity contribution is 0.250. The molecule has 0 aliphatic heterocycles. The molecule has 3 N–H and O–H groups in total. The summed E-state index contributed by atoms with van der Waals surface area (Å²) >= 11 is 0. The van der Waals surface area contributed by atoms with Crippen LogP contribution < -0.4 is 16.0 Å². The van der Waals surface area contributed by atoms with Crippen LogP contribution in [-0.4, -0.2) is 12.1 Å². The van der Waals surface area contributed by atoms with Crippen LogP contribution in [0.2, 0.25) is 0 Å². The Morgan fingerprint density at radius 3 is 2.08 bits per heavy atom. The average molecular weight is 325 g/mol. The molecule has 0 bridgehead atoms. The van der Waals surface area contributed by atoms with E-state index in [1.807, 2.05) is 44.2 Å². The third kappa shape index (κ3) is 5.01. The van der Waals surface area contributed by atoms with Gasteiger partial charge in [0.25, 0.3) is 0 Å². The van der Waals surface area contributed by atoms with E-state index in [1.54, 1.807) is 0 Å². The minimum Gasteiger partial charge on any atom is -0.355 e. The van der Waals surface area contributed by atoms with Gasteiger partial charge in [0.1, 0.15) is 0 Å². The maximum atomic E-state index is 11.7. The summed E-state index contributed by atoms with van der Waals surface area (Å²) in [6.45, 7) is 10.5. The van der Waals surface area contributed by atoms with E-state index >= 15 is 0 Å². The number of carbonyl (C=O) groups excluding carboxylic acids is 1. The summed E-state index contributed by atoms with van der Waals surface area (Å²) in [6, 6.07) is 16.0. The molecule has 0 aromatic heterocycles. The van der Waals surface area contributed by atoms with Crippen molar-refractivity contribution in [1.29, 1.82) is 0 Å². The normalized spacial score (nSPS) is 11.2. The summed E-state index contributed by atoms with van der Waals surface area (Å²) in [5, 5.41) is 9.09. The third-order valence-electron chi connectivity index (χ3n) is 3.58. The fourth-order valence-corrected chi connectivity index (χ4v) is 2.47. The first-order chi connectivity index (χ1) is 11.3. The van der Waals surface area contributed by atoms with Crippen molar-refractivity contribution in [3.63, 3.8) is 0 Å². The van der Waals surface area contributed by atoms with Gasteiger partial charge in [-0.25, -0.2) is 4.79 Å². The fourth-order valence-electron chi connectivity index (χ4n) is 2.47. The summed E-state index contributed by atoms with van der Waals surface area (Å²) in [5.41, 5.74) is 4.19. The van der Waals surface area contributed by atoms with Crippen LogP contribution in [0, 0.1) is 0 Å². The Labute approximate surface area is 144 Å². The number of hydrogen-bond donors (Lipinski definition) is 3. The monoisotopic (exact) mass is 325 g/mol. The van der Waals surface area contributed by atoms with Crippen molar-refractivity contribution in [2.45, 2.75) is 46.1 Å². The van der Waals surface area contributed by atoms with Gasteiger partial charge in [-0.2, -0.15) is 0 Å². The third-order valence-corrected chi connectivity index (χ3v) is 3.58. The number of urea groups is 1. The molecule has 2 aromatic carbocycles. The van der Waals surface area contributed by atoms with Gasteiger partial charge in [0, 0.05) is 23.1 Å². The smallest absolute Gasteiger partial charge is 0.319 e. The lowest BCUT2D eigenvalue weighted by Crippen LogP contribution is -2.34. The molecular formula is C20H27N3O. The maximum Gasteiger partial charge on any atom is 0.319 e. The van der Waals surface area contributed by atoms with Crippen molar-refractivity contribution in [2.24, 2.45) is 0 Å². The van der Waals surface area contributed by atoms with Gasteiger partial charge in [0.2, 0.25) is 0 Å². The van der Waals surface area contributed by atoms with Crippen molar-refractivity contribution in [2.75, 3.05) is 10.6 Å². The van der Waals surface area contributed by atoms with E-state index in [0.29, 0.717) is 0 Å². The van der Waals surface area contributed by atoms with Crippen LogP contribution in [-0.2, 0) is 5.41 Å². The standard InChI is InChI=1S/C20H27N3O/c1-14(2)21-19(24)23-16-12-10-15(11-13-16)22-18-9-7-6-8-17(18)20(3,4)5/h6-14,22H,1-5H3,(H2,21,23,24). The van der Waals surface area contributed by atoms with Gasteiger partial charge < -0.3 is 16.0 Å². The summed E-state index contributed by atoms with van der Waals surface area (Å²) in [6.07, 6.45) is 0. The molecular weight excluding hydrogens is 298 g/mol. The van der Waals surface area contributed by atoms with Crippen LogP contribution in [0.25, 0.3) is 0 Å². The van der Waals surface area contributed by atoms with Crippen LogP contribution in [0.5, 0.6) is 0 Å². The highest BCUT2D eigenvalue weighted by atomic mass is 16.2. The fraction of sp³-hybridized carbons (Fsp3) is 0.350. The van der Waals surface area contributed by atoms with Gasteiger partial charge in [-0.3, -0.25) is 0 Å². The predicted octanol–water partition coefficient (Wildman–Crippen LogP) is 5.26. The quantitative estimate of drug-likeness (QED) is 0.718. The minimum absolute atomic E-state index is 0.0695. The first-order valence-corrected chi connectivity index (χ1v) is 8.30. The van der Waals surface area contributed by atoms with E-state index in [9.17, 15) is 4.79 Å². The van der Waals surface area contributed by atoms with Crippen LogP contribution in [0.3, 0.4) is 0 Å². The van der Waals surface area contributed by atoms with E-state index in [4.69, 9.17) is 0 Å². The molecule has 2 aromatic rings. The first kappa shape index (κ1) is 17.9. The molecule has 24 heavy (non-hydrogen) atoms. The number of anilines is 3. The number of rotatable bonds is 4. The molecule has 4 nitrogen and oxygen atoms in total. The number of nitrogens with one attached hydrogen (secondary N) is 3. The van der Waals surface area contributed by atoms with Gasteiger partial charge in [0.15, 0.2) is 0 Å². The predicted molar refractivity (Wildman–Crippen MR) is 102 cm³/mol. The number of hydrogen-bond acceptors (Lipinski definition) is 2. The molecule has 2 rings (SSSR count). The van der Waals surface area contributed by atoms with Gasteiger partial charge in [-0.1, -0.05) is 39.0 Å². The van der Waals surface area contributed by atoms with E-state index in [2.05, 4.69) is 54.9 Å². The van der Waals surface area contributed by atoms with E-state index < -0.39 is 0 Å². The lowest BCUT2D eigenvalue weighted by atomic mass is 9.86. The lowest BCUT2D eigenvalue weighted by Gasteiger charge is -2.23. The number of para-hydroxylation sites is 1. The van der Waals surface area contributed by atoms with Crippen LogP contribution in [0.15, 0.2) is 48.5 Å². The van der Waals surface area contributed by atoms with E-state index in [0.717, 1.165) is 17.1 Å². The van der Waals surface area contributed by atoms with Gasteiger partial charge >= 0.3 is 6.03 Å². The average Bonchev–Trinajstić information content (AvgIpc) is 2.48. The van der Waals surface area contributed by atoms with Crippen molar-refractivity contribution in [1.82, 2.24) is 5.32 Å². The summed E-state index contributed by atoms with van der Waals surface area (Å²) in [4.78, 5) is 11.7. The van der Waals surface area contributed by atoms with Gasteiger partial charge in [-0.15, -0.1) is 0 Å². The molecule has 2 amide bonds. The first-order valence-electron chi connectivity index (χ1n) is 8.30. The maximum absolute atomic E-state index is 11.7. The van der Waals surface area contributed by atoms with Crippen LogP contribution >= 0.6 is 0 Å². The van der Waals surface area contributed by atoms with Crippen LogP contribution in [0.4, 0.5) is 21.9 Å². The highest BCUT2D eigenvalue weighted by molar-refractivity contribution is 5.89. The molecule has 0 unspecified atom stereocenters. The largest absolute Gasteiger partial charge is 0.355 e. The molecule has 0 radical (unpaired) electrons. The molecule has 0 aliphatic carbocycles. The Morgan fingerprint density at radius 1 is 0.917 bits per heavy atom. The summed E-state index contributed by atoms with van der Waals surface area (Å²) < 4.78 is 0. The molecule has 0 heterocycles. The Balaban J connectivity index is 2.09. The zero-order chi connectivity index (χ0) is 17.7. The van der Waals surface area contributed by atoms with Crippen LogP contribution in [0.1, 0.15) is 40.2 Å². The topological polar surface area (TPSA) is 53.2 Å². The minimum atomic E-state index is -0.191. The Kier molecular flexibility index (Phi) is 5.50. The second-order valence-electron chi connectivity index (χ2n) is 7.25. The molecule has 0 aliphatic rings. The Hall–Kier alpha value is -2.49. The molecule has 4 heteroatoms. The SMILES string of the molecule is CC(C)NC(=O)Nc1ccc(Nc2ccccc2C(C)(C)C)cc1. The van der Waals surface area contributed by atoms with Gasteiger partial charge in [0.05, 0.1) is 0 Å². The van der Waals surface area contributed by atoms with Crippen molar-refractivity contribution >= 4 is 23.1 Å².